The normalized spacial score (nSPS) is 12.9. The van der Waals surface area contributed by atoms with Crippen molar-refractivity contribution in [2.45, 2.75) is 32.7 Å². The summed E-state index contributed by atoms with van der Waals surface area (Å²) in [5.41, 5.74) is 1.05. The first-order valence-electron chi connectivity index (χ1n) is 5.00. The highest BCUT2D eigenvalue weighted by Crippen LogP contribution is 2.19. The predicted octanol–water partition coefficient (Wildman–Crippen LogP) is 1.98. The minimum atomic E-state index is -0.272. The molecule has 5 heteroatoms. The van der Waals surface area contributed by atoms with E-state index in [1.165, 1.54) is 0 Å². The number of hydrogen-bond donors (Lipinski definition) is 2. The Morgan fingerprint density at radius 1 is 1.53 bits per heavy atom. The molecule has 0 aromatic carbocycles. The molecule has 0 fully saturated rings. The Morgan fingerprint density at radius 3 is 2.60 bits per heavy atom. The van der Waals surface area contributed by atoms with Gasteiger partial charge < -0.3 is 14.9 Å². The minimum Gasteiger partial charge on any atom is -0.357 e. The molecular weight excluding hydrogens is 210 g/mol. The number of amides is 1. The molecule has 0 saturated heterocycles. The average molecular weight is 227 g/mol. The molecule has 0 bridgehead atoms. The van der Waals surface area contributed by atoms with Crippen LogP contribution in [0.1, 0.15) is 38.4 Å². The van der Waals surface area contributed by atoms with Crippen molar-refractivity contribution in [3.8, 4) is 0 Å². The molecule has 0 saturated carbocycles. The molecule has 1 heterocycles. The van der Waals surface area contributed by atoms with E-state index in [0.29, 0.717) is 10.7 Å². The number of rotatable bonds is 3. The molecule has 1 atom stereocenters. The van der Waals surface area contributed by atoms with Crippen molar-refractivity contribution in [1.29, 1.82) is 0 Å². The van der Waals surface area contributed by atoms with E-state index in [0.717, 1.165) is 5.69 Å². The predicted molar refractivity (Wildman–Crippen MR) is 62.5 cm³/mol. The summed E-state index contributed by atoms with van der Waals surface area (Å²) in [5.74, 6) is 0.303. The van der Waals surface area contributed by atoms with Gasteiger partial charge in [-0.15, -0.1) is 0 Å². The second-order valence-electron chi connectivity index (χ2n) is 3.83. The Kier molecular flexibility index (Phi) is 3.68. The maximum absolute atomic E-state index is 11.5. The molecule has 1 amide bonds. The number of H-pyrrole nitrogens is 1. The van der Waals surface area contributed by atoms with Crippen LogP contribution in [0.5, 0.6) is 0 Å². The summed E-state index contributed by atoms with van der Waals surface area (Å²) in [6, 6.07) is -0.272. The van der Waals surface area contributed by atoms with Crippen molar-refractivity contribution in [1.82, 2.24) is 14.9 Å². The highest BCUT2D eigenvalue weighted by Gasteiger charge is 2.18. The third kappa shape index (κ3) is 2.28. The van der Waals surface area contributed by atoms with Gasteiger partial charge in [-0.1, -0.05) is 13.8 Å². The van der Waals surface area contributed by atoms with Gasteiger partial charge in [-0.3, -0.25) is 4.79 Å². The number of likely N-dealkylation sites (N-methyl/N-ethyl adjacent to an activating group) is 1. The fraction of sp³-hybridized carbons (Fsp3) is 0.600. The van der Waals surface area contributed by atoms with Crippen LogP contribution in [0.25, 0.3) is 0 Å². The zero-order valence-corrected chi connectivity index (χ0v) is 10.3. The maximum atomic E-state index is 11.5. The lowest BCUT2D eigenvalue weighted by Crippen LogP contribution is -2.28. The quantitative estimate of drug-likeness (QED) is 0.776. The third-order valence-corrected chi connectivity index (χ3v) is 2.76. The Balaban J connectivity index is 3.17. The third-order valence-electron chi connectivity index (χ3n) is 2.45. The van der Waals surface area contributed by atoms with Crippen LogP contribution in [-0.4, -0.2) is 22.5 Å². The summed E-state index contributed by atoms with van der Waals surface area (Å²) in [7, 11) is 1.63. The van der Waals surface area contributed by atoms with Crippen molar-refractivity contribution < 1.29 is 4.79 Å². The van der Waals surface area contributed by atoms with Gasteiger partial charge in [-0.05, 0) is 25.1 Å². The topological polar surface area (TPSA) is 49.8 Å². The van der Waals surface area contributed by atoms with E-state index in [-0.39, 0.29) is 11.9 Å². The van der Waals surface area contributed by atoms with Crippen LogP contribution < -0.4 is 5.32 Å². The first kappa shape index (κ1) is 12.0. The number of hydrogen-bond acceptors (Lipinski definition) is 2. The van der Waals surface area contributed by atoms with Crippen molar-refractivity contribution in [3.05, 3.63) is 16.7 Å². The van der Waals surface area contributed by atoms with Gasteiger partial charge >= 0.3 is 0 Å². The van der Waals surface area contributed by atoms with E-state index < -0.39 is 0 Å². The second-order valence-corrected chi connectivity index (χ2v) is 4.22. The fourth-order valence-electron chi connectivity index (χ4n) is 1.56. The molecule has 0 aliphatic carbocycles. The van der Waals surface area contributed by atoms with E-state index in [1.807, 2.05) is 17.7 Å². The first-order chi connectivity index (χ1) is 6.99. The van der Waals surface area contributed by atoms with Crippen LogP contribution in [0.15, 0.2) is 6.20 Å². The number of imidazole rings is 1. The van der Waals surface area contributed by atoms with Crippen molar-refractivity contribution in [2.24, 2.45) is 0 Å². The smallest absolute Gasteiger partial charge is 0.242 e. The molecule has 0 aliphatic rings. The lowest BCUT2D eigenvalue weighted by Gasteiger charge is -2.16. The summed E-state index contributed by atoms with van der Waals surface area (Å²) < 4.78 is 2.45. The summed E-state index contributed by atoms with van der Waals surface area (Å²) in [5, 5.41) is 2.63. The average Bonchev–Trinajstić information content (AvgIpc) is 2.58. The highest BCUT2D eigenvalue weighted by molar-refractivity contribution is 7.71. The molecule has 0 spiro atoms. The van der Waals surface area contributed by atoms with Crippen molar-refractivity contribution in [2.75, 3.05) is 7.05 Å². The number of carbonyl (C=O) groups is 1. The van der Waals surface area contributed by atoms with Crippen LogP contribution in [-0.2, 0) is 4.79 Å². The van der Waals surface area contributed by atoms with Crippen LogP contribution in [0.4, 0.5) is 0 Å². The van der Waals surface area contributed by atoms with Gasteiger partial charge in [-0.25, -0.2) is 0 Å². The minimum absolute atomic E-state index is 0.0346. The summed E-state index contributed by atoms with van der Waals surface area (Å²) in [6.45, 7) is 5.99. The van der Waals surface area contributed by atoms with Gasteiger partial charge in [0.1, 0.15) is 6.04 Å². The zero-order chi connectivity index (χ0) is 11.6. The molecular formula is C10H17N3OS. The van der Waals surface area contributed by atoms with Gasteiger partial charge in [0.05, 0.1) is 0 Å². The van der Waals surface area contributed by atoms with Crippen molar-refractivity contribution >= 4 is 18.1 Å². The lowest BCUT2D eigenvalue weighted by molar-refractivity contribution is -0.123. The molecule has 1 rings (SSSR count). The molecule has 0 aliphatic heterocycles. The molecule has 0 radical (unpaired) electrons. The van der Waals surface area contributed by atoms with Gasteiger partial charge in [0.15, 0.2) is 4.77 Å². The number of nitrogens with one attached hydrogen (secondary N) is 2. The second kappa shape index (κ2) is 4.61. The number of aromatic amines is 1. The monoisotopic (exact) mass is 227 g/mol. The fourth-order valence-corrected chi connectivity index (χ4v) is 1.88. The van der Waals surface area contributed by atoms with Crippen LogP contribution >= 0.6 is 12.2 Å². The summed E-state index contributed by atoms with van der Waals surface area (Å²) in [4.78, 5) is 14.5. The largest absolute Gasteiger partial charge is 0.357 e. The summed E-state index contributed by atoms with van der Waals surface area (Å²) >= 11 is 5.16. The molecule has 4 nitrogen and oxygen atoms in total. The molecule has 1 aromatic rings. The number of carbonyl (C=O) groups excluding carboxylic acids is 1. The van der Waals surface area contributed by atoms with Gasteiger partial charge in [0, 0.05) is 18.9 Å². The Bertz CT molecular complexity index is 405. The van der Waals surface area contributed by atoms with E-state index in [4.69, 9.17) is 12.2 Å². The maximum Gasteiger partial charge on any atom is 0.242 e. The SMILES string of the molecule is CNC(=O)C(C)n1c(C(C)C)c[nH]c1=S. The Morgan fingerprint density at radius 2 is 2.13 bits per heavy atom. The van der Waals surface area contributed by atoms with Gasteiger partial charge in [-0.2, -0.15) is 0 Å². The number of nitrogens with zero attached hydrogens (tertiary/aromatic N) is 1. The van der Waals surface area contributed by atoms with E-state index in [2.05, 4.69) is 24.1 Å². The molecule has 15 heavy (non-hydrogen) atoms. The van der Waals surface area contributed by atoms with Crippen LogP contribution in [0.3, 0.4) is 0 Å². The van der Waals surface area contributed by atoms with Crippen LogP contribution in [0, 0.1) is 4.77 Å². The Labute approximate surface area is 94.7 Å². The van der Waals surface area contributed by atoms with E-state index in [9.17, 15) is 4.79 Å². The Hall–Kier alpha value is -1.10. The molecule has 1 aromatic heterocycles. The van der Waals surface area contributed by atoms with E-state index >= 15 is 0 Å². The molecule has 1 unspecified atom stereocenters. The number of aromatic nitrogens is 2. The standard InChI is InChI=1S/C10H17N3OS/c1-6(2)8-5-12-10(15)13(8)7(3)9(14)11-4/h5-7H,1-4H3,(H,11,14)(H,12,15). The van der Waals surface area contributed by atoms with Crippen LogP contribution in [0.2, 0.25) is 0 Å². The first-order valence-corrected chi connectivity index (χ1v) is 5.41. The lowest BCUT2D eigenvalue weighted by atomic mass is 10.1. The van der Waals surface area contributed by atoms with E-state index in [1.54, 1.807) is 7.05 Å². The van der Waals surface area contributed by atoms with Crippen molar-refractivity contribution in [3.63, 3.8) is 0 Å². The summed E-state index contributed by atoms with van der Waals surface area (Å²) in [6.07, 6.45) is 1.87. The molecule has 2 N–H and O–H groups in total. The highest BCUT2D eigenvalue weighted by atomic mass is 32.1. The van der Waals surface area contributed by atoms with Gasteiger partial charge in [0.2, 0.25) is 5.91 Å². The van der Waals surface area contributed by atoms with Gasteiger partial charge in [0.25, 0.3) is 0 Å². The zero-order valence-electron chi connectivity index (χ0n) is 9.50. The molecule has 84 valence electrons.